The predicted octanol–water partition coefficient (Wildman–Crippen LogP) is 1.64. The van der Waals surface area contributed by atoms with E-state index >= 15 is 0 Å². The molecule has 0 N–H and O–H groups in total. The summed E-state index contributed by atoms with van der Waals surface area (Å²) < 4.78 is 4.73. The SMILES string of the molecule is CC(=O)CCC(=O)OC(C)Br. The number of hydrogen-bond donors (Lipinski definition) is 0. The van der Waals surface area contributed by atoms with Crippen molar-refractivity contribution in [3.8, 4) is 0 Å². The molecule has 0 aliphatic carbocycles. The molecule has 0 aromatic heterocycles. The van der Waals surface area contributed by atoms with Gasteiger partial charge in [0.2, 0.25) is 0 Å². The largest absolute Gasteiger partial charge is 0.451 e. The summed E-state index contributed by atoms with van der Waals surface area (Å²) in [6.45, 7) is 3.15. The first-order chi connectivity index (χ1) is 5.02. The van der Waals surface area contributed by atoms with Gasteiger partial charge in [-0.2, -0.15) is 0 Å². The molecule has 3 nitrogen and oxygen atoms in total. The first-order valence-electron chi connectivity index (χ1n) is 3.35. The first kappa shape index (κ1) is 10.6. The van der Waals surface area contributed by atoms with E-state index in [0.717, 1.165) is 0 Å². The van der Waals surface area contributed by atoms with Crippen LogP contribution >= 0.6 is 15.9 Å². The highest BCUT2D eigenvalue weighted by Crippen LogP contribution is 2.02. The summed E-state index contributed by atoms with van der Waals surface area (Å²) in [7, 11) is 0. The van der Waals surface area contributed by atoms with Gasteiger partial charge in [-0.3, -0.25) is 4.79 Å². The van der Waals surface area contributed by atoms with Crippen molar-refractivity contribution in [1.29, 1.82) is 0 Å². The molecule has 11 heavy (non-hydrogen) atoms. The molecular formula is C7H11BrO3. The number of esters is 1. The van der Waals surface area contributed by atoms with Crippen molar-refractivity contribution in [3.63, 3.8) is 0 Å². The molecule has 0 aliphatic rings. The second-order valence-electron chi connectivity index (χ2n) is 2.23. The molecule has 64 valence electrons. The Labute approximate surface area is 74.2 Å². The van der Waals surface area contributed by atoms with Gasteiger partial charge in [0.15, 0.2) is 5.01 Å². The standard InChI is InChI=1S/C7H11BrO3/c1-5(9)3-4-7(10)11-6(2)8/h6H,3-4H2,1-2H3. The molecule has 0 heterocycles. The number of hydrogen-bond acceptors (Lipinski definition) is 3. The molecule has 0 aromatic rings. The van der Waals surface area contributed by atoms with Crippen LogP contribution in [0, 0.1) is 0 Å². The number of carbonyl (C=O) groups excluding carboxylic acids is 2. The number of alkyl halides is 1. The third-order valence-corrected chi connectivity index (χ3v) is 1.16. The molecule has 1 unspecified atom stereocenters. The average molecular weight is 223 g/mol. The molecule has 0 aliphatic heterocycles. The van der Waals surface area contributed by atoms with E-state index < -0.39 is 0 Å². The third-order valence-electron chi connectivity index (χ3n) is 0.975. The van der Waals surface area contributed by atoms with Gasteiger partial charge in [-0.1, -0.05) is 0 Å². The van der Waals surface area contributed by atoms with E-state index in [2.05, 4.69) is 15.9 Å². The molecule has 0 aromatic carbocycles. The Morgan fingerprint density at radius 3 is 2.36 bits per heavy atom. The van der Waals surface area contributed by atoms with Gasteiger partial charge >= 0.3 is 5.97 Å². The maximum absolute atomic E-state index is 10.8. The van der Waals surface area contributed by atoms with E-state index in [0.29, 0.717) is 0 Å². The van der Waals surface area contributed by atoms with Crippen LogP contribution in [0.15, 0.2) is 0 Å². The lowest BCUT2D eigenvalue weighted by atomic mass is 10.2. The van der Waals surface area contributed by atoms with E-state index in [1.807, 2.05) is 0 Å². The summed E-state index contributed by atoms with van der Waals surface area (Å²) >= 11 is 3.05. The monoisotopic (exact) mass is 222 g/mol. The van der Waals surface area contributed by atoms with Crippen molar-refractivity contribution in [3.05, 3.63) is 0 Å². The number of ketones is 1. The summed E-state index contributed by atoms with van der Waals surface area (Å²) in [6.07, 6.45) is 0.434. The second-order valence-corrected chi connectivity index (χ2v) is 3.52. The van der Waals surface area contributed by atoms with Crippen LogP contribution in [0.4, 0.5) is 0 Å². The Morgan fingerprint density at radius 1 is 1.45 bits per heavy atom. The minimum absolute atomic E-state index is 0.00387. The van der Waals surface area contributed by atoms with Gasteiger partial charge in [0.1, 0.15) is 5.78 Å². The van der Waals surface area contributed by atoms with Crippen molar-refractivity contribution in [2.75, 3.05) is 0 Å². The van der Waals surface area contributed by atoms with Gasteiger partial charge in [-0.05, 0) is 29.8 Å². The van der Waals surface area contributed by atoms with Crippen LogP contribution in [-0.2, 0) is 14.3 Å². The number of carbonyl (C=O) groups is 2. The van der Waals surface area contributed by atoms with Crippen LogP contribution in [0.25, 0.3) is 0 Å². The summed E-state index contributed by atoms with van der Waals surface area (Å²) in [4.78, 5) is 21.2. The molecule has 0 radical (unpaired) electrons. The average Bonchev–Trinajstić information content (AvgIpc) is 1.82. The highest BCUT2D eigenvalue weighted by atomic mass is 79.9. The normalized spacial score (nSPS) is 12.3. The van der Waals surface area contributed by atoms with Crippen LogP contribution in [0.5, 0.6) is 0 Å². The molecule has 0 bridgehead atoms. The number of ether oxygens (including phenoxy) is 1. The predicted molar refractivity (Wildman–Crippen MR) is 44.4 cm³/mol. The van der Waals surface area contributed by atoms with E-state index in [-0.39, 0.29) is 29.6 Å². The van der Waals surface area contributed by atoms with Gasteiger partial charge in [0.05, 0.1) is 6.42 Å². The Kier molecular flexibility index (Phi) is 5.11. The van der Waals surface area contributed by atoms with Crippen molar-refractivity contribution >= 4 is 27.7 Å². The molecule has 0 spiro atoms. The lowest BCUT2D eigenvalue weighted by Crippen LogP contribution is -2.09. The van der Waals surface area contributed by atoms with E-state index in [9.17, 15) is 9.59 Å². The maximum Gasteiger partial charge on any atom is 0.307 e. The molecule has 0 amide bonds. The zero-order valence-electron chi connectivity index (χ0n) is 6.59. The van der Waals surface area contributed by atoms with Gasteiger partial charge in [-0.25, -0.2) is 0 Å². The van der Waals surface area contributed by atoms with Crippen molar-refractivity contribution < 1.29 is 14.3 Å². The van der Waals surface area contributed by atoms with Crippen molar-refractivity contribution in [2.24, 2.45) is 0 Å². The highest BCUT2D eigenvalue weighted by molar-refractivity contribution is 9.09. The second kappa shape index (κ2) is 5.29. The smallest absolute Gasteiger partial charge is 0.307 e. The maximum atomic E-state index is 10.8. The third kappa shape index (κ3) is 7.52. The van der Waals surface area contributed by atoms with Gasteiger partial charge in [0, 0.05) is 6.42 Å². The van der Waals surface area contributed by atoms with Crippen LogP contribution in [0.1, 0.15) is 26.7 Å². The van der Waals surface area contributed by atoms with Crippen molar-refractivity contribution in [1.82, 2.24) is 0 Å². The zero-order valence-corrected chi connectivity index (χ0v) is 8.18. The van der Waals surface area contributed by atoms with Crippen LogP contribution in [0.2, 0.25) is 0 Å². The van der Waals surface area contributed by atoms with E-state index in [1.165, 1.54) is 6.92 Å². The van der Waals surface area contributed by atoms with Crippen LogP contribution < -0.4 is 0 Å². The number of rotatable bonds is 4. The topological polar surface area (TPSA) is 43.4 Å². The minimum Gasteiger partial charge on any atom is -0.451 e. The van der Waals surface area contributed by atoms with Crippen LogP contribution in [-0.4, -0.2) is 16.8 Å². The lowest BCUT2D eigenvalue weighted by molar-refractivity contribution is -0.145. The highest BCUT2D eigenvalue weighted by Gasteiger charge is 2.06. The molecule has 0 rings (SSSR count). The minimum atomic E-state index is -0.343. The molecule has 1 atom stereocenters. The molecule has 0 fully saturated rings. The molecule has 0 saturated carbocycles. The fraction of sp³-hybridized carbons (Fsp3) is 0.714. The number of Topliss-reactive ketones (excluding diaryl/α,β-unsaturated/α-hetero) is 1. The quantitative estimate of drug-likeness (QED) is 0.537. The first-order valence-corrected chi connectivity index (χ1v) is 4.27. The zero-order chi connectivity index (χ0) is 8.85. The summed E-state index contributed by atoms with van der Waals surface area (Å²) in [5, 5.41) is -0.276. The Balaban J connectivity index is 3.45. The Hall–Kier alpha value is -0.380. The number of halogens is 1. The molecular weight excluding hydrogens is 212 g/mol. The molecule has 0 saturated heterocycles. The Morgan fingerprint density at radius 2 is 2.00 bits per heavy atom. The summed E-state index contributed by atoms with van der Waals surface area (Å²) in [6, 6.07) is 0. The van der Waals surface area contributed by atoms with Gasteiger partial charge < -0.3 is 9.53 Å². The summed E-state index contributed by atoms with van der Waals surface area (Å²) in [5.41, 5.74) is 0. The van der Waals surface area contributed by atoms with Gasteiger partial charge in [-0.15, -0.1) is 0 Å². The van der Waals surface area contributed by atoms with E-state index in [1.54, 1.807) is 6.92 Å². The lowest BCUT2D eigenvalue weighted by Gasteiger charge is -2.04. The van der Waals surface area contributed by atoms with Crippen molar-refractivity contribution in [2.45, 2.75) is 31.7 Å². The summed E-state index contributed by atoms with van der Waals surface area (Å²) in [5.74, 6) is -0.339. The molecule has 4 heteroatoms. The van der Waals surface area contributed by atoms with E-state index in [4.69, 9.17) is 4.74 Å². The fourth-order valence-electron chi connectivity index (χ4n) is 0.518. The Bertz CT molecular complexity index is 154. The van der Waals surface area contributed by atoms with Gasteiger partial charge in [0.25, 0.3) is 0 Å². The fourth-order valence-corrected chi connectivity index (χ4v) is 0.727. The van der Waals surface area contributed by atoms with Crippen LogP contribution in [0.3, 0.4) is 0 Å².